The second-order valence-electron chi connectivity index (χ2n) is 4.60. The molecule has 6 heteroatoms. The summed E-state index contributed by atoms with van der Waals surface area (Å²) in [4.78, 5) is 23.2. The number of carbonyl (C=O) groups is 2. The number of hydrazine groups is 1. The second-order valence-corrected chi connectivity index (χ2v) is 4.60. The van der Waals surface area contributed by atoms with Gasteiger partial charge >= 0.3 is 5.97 Å². The Morgan fingerprint density at radius 3 is 2.28 bits per heavy atom. The van der Waals surface area contributed by atoms with Crippen molar-refractivity contribution in [3.63, 3.8) is 0 Å². The maximum atomic E-state index is 11.9. The quantitative estimate of drug-likeness (QED) is 0.730. The van der Waals surface area contributed by atoms with Gasteiger partial charge in [0.15, 0.2) is 0 Å². The molecule has 2 N–H and O–H groups in total. The molecule has 0 atom stereocenters. The van der Waals surface area contributed by atoms with Crippen molar-refractivity contribution in [3.8, 4) is 0 Å². The summed E-state index contributed by atoms with van der Waals surface area (Å²) in [5.74, 6) is -1.13. The van der Waals surface area contributed by atoms with Crippen LogP contribution in [0.2, 0.25) is 0 Å². The number of carboxylic acid groups (broad SMARTS) is 1. The molecular formula is C12H22N2O4. The summed E-state index contributed by atoms with van der Waals surface area (Å²) < 4.78 is 5.18. The molecule has 0 aromatic heterocycles. The van der Waals surface area contributed by atoms with Crippen molar-refractivity contribution in [1.29, 1.82) is 0 Å². The van der Waals surface area contributed by atoms with Crippen molar-refractivity contribution in [1.82, 2.24) is 10.4 Å². The van der Waals surface area contributed by atoms with Crippen molar-refractivity contribution in [3.05, 3.63) is 0 Å². The van der Waals surface area contributed by atoms with Gasteiger partial charge in [-0.05, 0) is 12.8 Å². The summed E-state index contributed by atoms with van der Waals surface area (Å²) in [6.45, 7) is 6.07. The van der Waals surface area contributed by atoms with E-state index < -0.39 is 11.4 Å². The lowest BCUT2D eigenvalue weighted by atomic mass is 9.79. The highest BCUT2D eigenvalue weighted by atomic mass is 16.5. The van der Waals surface area contributed by atoms with Crippen LogP contribution in [0.15, 0.2) is 0 Å². The van der Waals surface area contributed by atoms with E-state index in [2.05, 4.69) is 5.43 Å². The number of hydrogen-bond acceptors (Lipinski definition) is 4. The van der Waals surface area contributed by atoms with E-state index in [0.29, 0.717) is 39.1 Å². The number of ether oxygens (including phenoxy) is 1. The van der Waals surface area contributed by atoms with E-state index in [1.54, 1.807) is 18.9 Å². The summed E-state index contributed by atoms with van der Waals surface area (Å²) >= 11 is 0. The number of aliphatic carboxylic acids is 1. The normalized spacial score (nSPS) is 17.4. The molecule has 0 aromatic rings. The lowest BCUT2D eigenvalue weighted by Crippen LogP contribution is -2.50. The van der Waals surface area contributed by atoms with E-state index in [9.17, 15) is 14.7 Å². The van der Waals surface area contributed by atoms with E-state index in [1.165, 1.54) is 0 Å². The van der Waals surface area contributed by atoms with E-state index in [-0.39, 0.29) is 12.3 Å². The Bertz CT molecular complexity index is 296. The fourth-order valence-electron chi connectivity index (χ4n) is 2.08. The van der Waals surface area contributed by atoms with Gasteiger partial charge in [-0.3, -0.25) is 15.0 Å². The third kappa shape index (κ3) is 3.68. The van der Waals surface area contributed by atoms with Gasteiger partial charge in [0, 0.05) is 19.5 Å². The van der Waals surface area contributed by atoms with Crippen LogP contribution in [0.5, 0.6) is 0 Å². The van der Waals surface area contributed by atoms with Crippen LogP contribution in [0, 0.1) is 5.41 Å². The highest BCUT2D eigenvalue weighted by molar-refractivity contribution is 5.84. The molecule has 18 heavy (non-hydrogen) atoms. The largest absolute Gasteiger partial charge is 0.481 e. The molecule has 0 unspecified atom stereocenters. The number of rotatable bonds is 6. The van der Waals surface area contributed by atoms with Crippen LogP contribution in [-0.4, -0.2) is 48.3 Å². The van der Waals surface area contributed by atoms with Crippen LogP contribution < -0.4 is 5.43 Å². The maximum absolute atomic E-state index is 11.9. The molecule has 1 aliphatic rings. The fourth-order valence-corrected chi connectivity index (χ4v) is 2.08. The second kappa shape index (κ2) is 6.70. The highest BCUT2D eigenvalue weighted by Gasteiger charge is 2.37. The lowest BCUT2D eigenvalue weighted by Gasteiger charge is -2.30. The SMILES string of the molecule is CCC(CC)(CC(=O)NN1CCOCC1)C(=O)O. The molecule has 0 aliphatic carbocycles. The van der Waals surface area contributed by atoms with E-state index in [0.717, 1.165) is 0 Å². The van der Waals surface area contributed by atoms with Gasteiger partial charge in [0.1, 0.15) is 0 Å². The number of hydrogen-bond donors (Lipinski definition) is 2. The zero-order chi connectivity index (χ0) is 13.6. The highest BCUT2D eigenvalue weighted by Crippen LogP contribution is 2.30. The van der Waals surface area contributed by atoms with Crippen LogP contribution in [0.25, 0.3) is 0 Å². The summed E-state index contributed by atoms with van der Waals surface area (Å²) in [6.07, 6.45) is 0.928. The third-order valence-corrected chi connectivity index (χ3v) is 3.60. The average molecular weight is 258 g/mol. The lowest BCUT2D eigenvalue weighted by molar-refractivity contribution is -0.153. The fraction of sp³-hybridized carbons (Fsp3) is 0.833. The smallest absolute Gasteiger partial charge is 0.310 e. The van der Waals surface area contributed by atoms with Crippen molar-refractivity contribution in [2.45, 2.75) is 33.1 Å². The van der Waals surface area contributed by atoms with E-state index >= 15 is 0 Å². The molecule has 1 aliphatic heterocycles. The Morgan fingerprint density at radius 2 is 1.83 bits per heavy atom. The van der Waals surface area contributed by atoms with Crippen molar-refractivity contribution >= 4 is 11.9 Å². The Hall–Kier alpha value is -1.14. The van der Waals surface area contributed by atoms with Crippen LogP contribution in [0.4, 0.5) is 0 Å². The number of amides is 1. The number of carbonyl (C=O) groups excluding carboxylic acids is 1. The van der Waals surface area contributed by atoms with Gasteiger partial charge < -0.3 is 9.84 Å². The molecule has 1 rings (SSSR count). The first kappa shape index (κ1) is 14.9. The third-order valence-electron chi connectivity index (χ3n) is 3.60. The monoisotopic (exact) mass is 258 g/mol. The molecule has 0 aromatic carbocycles. The number of nitrogens with zero attached hydrogens (tertiary/aromatic N) is 1. The Balaban J connectivity index is 2.53. The summed E-state index contributed by atoms with van der Waals surface area (Å²) in [7, 11) is 0. The Labute approximate surface area is 107 Å². The van der Waals surface area contributed by atoms with Gasteiger partial charge in [-0.2, -0.15) is 0 Å². The average Bonchev–Trinajstić information content (AvgIpc) is 2.37. The standard InChI is InChI=1S/C12H22N2O4/c1-3-12(4-2,11(16)17)9-10(15)13-14-5-7-18-8-6-14/h3-9H2,1-2H3,(H,13,15)(H,16,17). The van der Waals surface area contributed by atoms with Crippen LogP contribution >= 0.6 is 0 Å². The predicted molar refractivity (Wildman–Crippen MR) is 65.8 cm³/mol. The molecule has 1 fully saturated rings. The molecular weight excluding hydrogens is 236 g/mol. The maximum Gasteiger partial charge on any atom is 0.310 e. The van der Waals surface area contributed by atoms with Gasteiger partial charge in [-0.1, -0.05) is 13.8 Å². The summed E-state index contributed by atoms with van der Waals surface area (Å²) in [6, 6.07) is 0. The van der Waals surface area contributed by atoms with Crippen LogP contribution in [0.3, 0.4) is 0 Å². The predicted octanol–water partition coefficient (Wildman–Crippen LogP) is 0.631. The van der Waals surface area contributed by atoms with Gasteiger partial charge in [0.05, 0.1) is 18.6 Å². The molecule has 0 bridgehead atoms. The molecule has 104 valence electrons. The first-order chi connectivity index (χ1) is 8.54. The Kier molecular flexibility index (Phi) is 5.55. The van der Waals surface area contributed by atoms with Crippen LogP contribution in [-0.2, 0) is 14.3 Å². The van der Waals surface area contributed by atoms with Gasteiger partial charge in [-0.15, -0.1) is 0 Å². The molecule has 6 nitrogen and oxygen atoms in total. The van der Waals surface area contributed by atoms with Crippen molar-refractivity contribution < 1.29 is 19.4 Å². The van der Waals surface area contributed by atoms with Gasteiger partial charge in [-0.25, -0.2) is 5.01 Å². The molecule has 1 amide bonds. The van der Waals surface area contributed by atoms with E-state index in [1.807, 2.05) is 0 Å². The zero-order valence-electron chi connectivity index (χ0n) is 11.1. The minimum Gasteiger partial charge on any atom is -0.481 e. The zero-order valence-corrected chi connectivity index (χ0v) is 11.1. The minimum absolute atomic E-state index is 0.0205. The number of carboxylic acids is 1. The first-order valence-corrected chi connectivity index (χ1v) is 6.39. The molecule has 0 spiro atoms. The van der Waals surface area contributed by atoms with Gasteiger partial charge in [0.25, 0.3) is 0 Å². The van der Waals surface area contributed by atoms with Crippen molar-refractivity contribution in [2.24, 2.45) is 5.41 Å². The molecule has 1 saturated heterocycles. The molecule has 0 radical (unpaired) electrons. The summed E-state index contributed by atoms with van der Waals surface area (Å²) in [5, 5.41) is 11.0. The van der Waals surface area contributed by atoms with Gasteiger partial charge in [0.2, 0.25) is 5.91 Å². The van der Waals surface area contributed by atoms with Crippen molar-refractivity contribution in [2.75, 3.05) is 26.3 Å². The van der Waals surface area contributed by atoms with E-state index in [4.69, 9.17) is 4.74 Å². The number of morpholine rings is 1. The van der Waals surface area contributed by atoms with Crippen LogP contribution in [0.1, 0.15) is 33.1 Å². The minimum atomic E-state index is -0.948. The number of nitrogens with one attached hydrogen (secondary N) is 1. The Morgan fingerprint density at radius 1 is 1.28 bits per heavy atom. The molecule has 1 heterocycles. The first-order valence-electron chi connectivity index (χ1n) is 6.39. The summed E-state index contributed by atoms with van der Waals surface area (Å²) in [5.41, 5.74) is 1.80. The molecule has 0 saturated carbocycles. The topological polar surface area (TPSA) is 78.9 Å².